The molecule has 0 radical (unpaired) electrons. The molecule has 1 aromatic carbocycles. The van der Waals surface area contributed by atoms with Crippen molar-refractivity contribution >= 4 is 33.4 Å². The molecule has 134 valence electrons. The number of sulfonamides is 1. The molecular weight excluding hydrogens is 352 g/mol. The lowest BCUT2D eigenvalue weighted by molar-refractivity contribution is -0.113. The van der Waals surface area contributed by atoms with Crippen molar-refractivity contribution in [3.05, 3.63) is 18.2 Å². The van der Waals surface area contributed by atoms with Gasteiger partial charge < -0.3 is 14.8 Å². The molecule has 9 heteroatoms. The average Bonchev–Trinajstić information content (AvgIpc) is 2.57. The smallest absolute Gasteiger partial charge is 0.243 e. The Morgan fingerprint density at radius 2 is 2.08 bits per heavy atom. The molecule has 1 aliphatic rings. The number of carbonyl (C=O) groups is 1. The molecular formula is C15H22N2O5S2. The second kappa shape index (κ2) is 8.70. The van der Waals surface area contributed by atoms with E-state index in [1.54, 1.807) is 6.07 Å². The van der Waals surface area contributed by atoms with Crippen molar-refractivity contribution in [2.45, 2.75) is 11.8 Å². The van der Waals surface area contributed by atoms with Gasteiger partial charge in [0, 0.05) is 13.1 Å². The van der Waals surface area contributed by atoms with Gasteiger partial charge in [-0.3, -0.25) is 4.79 Å². The molecule has 1 aliphatic heterocycles. The van der Waals surface area contributed by atoms with Crippen molar-refractivity contribution in [1.29, 1.82) is 0 Å². The third kappa shape index (κ3) is 4.62. The average molecular weight is 374 g/mol. The minimum absolute atomic E-state index is 0.132. The van der Waals surface area contributed by atoms with Gasteiger partial charge >= 0.3 is 0 Å². The van der Waals surface area contributed by atoms with E-state index >= 15 is 0 Å². The van der Waals surface area contributed by atoms with Gasteiger partial charge in [-0.25, -0.2) is 8.42 Å². The normalized spacial score (nSPS) is 15.9. The first-order valence-corrected chi connectivity index (χ1v) is 10.5. The number of thioether (sulfide) groups is 1. The quantitative estimate of drug-likeness (QED) is 0.777. The molecule has 0 unspecified atom stereocenters. The van der Waals surface area contributed by atoms with Crippen molar-refractivity contribution in [3.8, 4) is 5.75 Å². The first-order chi connectivity index (χ1) is 11.5. The molecule has 1 fully saturated rings. The van der Waals surface area contributed by atoms with Crippen LogP contribution in [-0.2, 0) is 19.6 Å². The molecule has 1 saturated heterocycles. The summed E-state index contributed by atoms with van der Waals surface area (Å²) in [5, 5.41) is 2.72. The third-order valence-corrected chi connectivity index (χ3v) is 5.85. The van der Waals surface area contributed by atoms with E-state index in [4.69, 9.17) is 9.47 Å². The number of anilines is 1. The molecule has 7 nitrogen and oxygen atoms in total. The summed E-state index contributed by atoms with van der Waals surface area (Å²) in [6.45, 7) is 3.65. The topological polar surface area (TPSA) is 84.9 Å². The number of hydrogen-bond donors (Lipinski definition) is 1. The van der Waals surface area contributed by atoms with Crippen LogP contribution in [0, 0.1) is 0 Å². The van der Waals surface area contributed by atoms with Gasteiger partial charge in [-0.05, 0) is 31.4 Å². The highest BCUT2D eigenvalue weighted by atomic mass is 32.2. The zero-order valence-corrected chi connectivity index (χ0v) is 15.4. The SMILES string of the molecule is CCOc1ccc(S(=O)(=O)N2CCOCC2)cc1NC(=O)CSC. The second-order valence-electron chi connectivity index (χ2n) is 5.09. The minimum Gasteiger partial charge on any atom is -0.492 e. The molecule has 2 rings (SSSR count). The van der Waals surface area contributed by atoms with E-state index in [1.807, 2.05) is 13.2 Å². The van der Waals surface area contributed by atoms with E-state index in [2.05, 4.69) is 5.32 Å². The summed E-state index contributed by atoms with van der Waals surface area (Å²) in [6, 6.07) is 4.53. The molecule has 1 N–H and O–H groups in total. The molecule has 0 aromatic heterocycles. The van der Waals surface area contributed by atoms with Crippen molar-refractivity contribution in [2.75, 3.05) is 50.2 Å². The van der Waals surface area contributed by atoms with Gasteiger partial charge in [0.05, 0.1) is 36.2 Å². The first-order valence-electron chi connectivity index (χ1n) is 7.62. The van der Waals surface area contributed by atoms with Crippen molar-refractivity contribution in [1.82, 2.24) is 4.31 Å². The molecule has 24 heavy (non-hydrogen) atoms. The lowest BCUT2D eigenvalue weighted by Crippen LogP contribution is -2.40. The van der Waals surface area contributed by atoms with Crippen molar-refractivity contribution < 1.29 is 22.7 Å². The van der Waals surface area contributed by atoms with Crippen LogP contribution in [0.25, 0.3) is 0 Å². The summed E-state index contributed by atoms with van der Waals surface area (Å²) < 4.78 is 37.5. The molecule has 1 aromatic rings. The number of amides is 1. The molecule has 0 saturated carbocycles. The summed E-state index contributed by atoms with van der Waals surface area (Å²) in [6.07, 6.45) is 1.82. The van der Waals surface area contributed by atoms with Crippen LogP contribution in [0.5, 0.6) is 5.75 Å². The Bertz CT molecular complexity index is 672. The number of carbonyl (C=O) groups excluding carboxylic acids is 1. The number of benzene rings is 1. The van der Waals surface area contributed by atoms with Crippen molar-refractivity contribution in [3.63, 3.8) is 0 Å². The molecule has 0 atom stereocenters. The first kappa shape index (κ1) is 19.0. The van der Waals surface area contributed by atoms with Gasteiger partial charge in [-0.1, -0.05) is 0 Å². The van der Waals surface area contributed by atoms with E-state index in [-0.39, 0.29) is 16.6 Å². The summed E-state index contributed by atoms with van der Waals surface area (Å²) in [5.74, 6) is 0.531. The lowest BCUT2D eigenvalue weighted by atomic mass is 10.3. The molecule has 0 spiro atoms. The largest absolute Gasteiger partial charge is 0.492 e. The van der Waals surface area contributed by atoms with Crippen LogP contribution in [0.1, 0.15) is 6.92 Å². The van der Waals surface area contributed by atoms with E-state index in [1.165, 1.54) is 28.2 Å². The van der Waals surface area contributed by atoms with Gasteiger partial charge in [0.15, 0.2) is 0 Å². The zero-order chi connectivity index (χ0) is 17.6. The number of nitrogens with zero attached hydrogens (tertiary/aromatic N) is 1. The van der Waals surface area contributed by atoms with Gasteiger partial charge in [-0.2, -0.15) is 16.1 Å². The Balaban J connectivity index is 2.31. The highest BCUT2D eigenvalue weighted by molar-refractivity contribution is 7.99. The fourth-order valence-corrected chi connectivity index (χ4v) is 4.07. The van der Waals surface area contributed by atoms with Crippen LogP contribution >= 0.6 is 11.8 Å². The maximum Gasteiger partial charge on any atom is 0.243 e. The van der Waals surface area contributed by atoms with Crippen LogP contribution in [0.15, 0.2) is 23.1 Å². The fourth-order valence-electron chi connectivity index (χ4n) is 2.30. The van der Waals surface area contributed by atoms with Crippen LogP contribution in [0.4, 0.5) is 5.69 Å². The molecule has 0 aliphatic carbocycles. The fraction of sp³-hybridized carbons (Fsp3) is 0.533. The maximum atomic E-state index is 12.7. The standard InChI is InChI=1S/C15H22N2O5S2/c1-3-22-14-5-4-12(10-13(14)16-15(18)11-23-2)24(19,20)17-6-8-21-9-7-17/h4-5,10H,3,6-9,11H2,1-2H3,(H,16,18). The number of rotatable bonds is 7. The van der Waals surface area contributed by atoms with Gasteiger partial charge in [0.25, 0.3) is 0 Å². The van der Waals surface area contributed by atoms with Crippen LogP contribution < -0.4 is 10.1 Å². The highest BCUT2D eigenvalue weighted by Gasteiger charge is 2.27. The monoisotopic (exact) mass is 374 g/mol. The zero-order valence-electron chi connectivity index (χ0n) is 13.8. The minimum atomic E-state index is -3.62. The van der Waals surface area contributed by atoms with E-state index in [0.717, 1.165) is 0 Å². The molecule has 1 amide bonds. The van der Waals surface area contributed by atoms with Crippen molar-refractivity contribution in [2.24, 2.45) is 0 Å². The van der Waals surface area contributed by atoms with E-state index in [0.29, 0.717) is 44.3 Å². The molecule has 1 heterocycles. The number of morpholine rings is 1. The summed E-state index contributed by atoms with van der Waals surface area (Å²) in [5.41, 5.74) is 0.366. The Hall–Kier alpha value is -1.29. The van der Waals surface area contributed by atoms with Gasteiger partial charge in [0.1, 0.15) is 5.75 Å². The maximum absolute atomic E-state index is 12.7. The lowest BCUT2D eigenvalue weighted by Gasteiger charge is -2.26. The summed E-state index contributed by atoms with van der Waals surface area (Å²) >= 11 is 1.39. The number of nitrogens with one attached hydrogen (secondary N) is 1. The van der Waals surface area contributed by atoms with Gasteiger partial charge in [-0.15, -0.1) is 0 Å². The van der Waals surface area contributed by atoms with Crippen LogP contribution in [0.3, 0.4) is 0 Å². The molecule has 0 bridgehead atoms. The predicted octanol–water partition coefficient (Wildman–Crippen LogP) is 1.41. The Kier molecular flexibility index (Phi) is 6.90. The summed E-state index contributed by atoms with van der Waals surface area (Å²) in [4.78, 5) is 12.0. The van der Waals surface area contributed by atoms with E-state index < -0.39 is 10.0 Å². The Labute approximate surface area is 146 Å². The third-order valence-electron chi connectivity index (χ3n) is 3.41. The Morgan fingerprint density at radius 3 is 2.71 bits per heavy atom. The Morgan fingerprint density at radius 1 is 1.38 bits per heavy atom. The summed E-state index contributed by atoms with van der Waals surface area (Å²) in [7, 11) is -3.62. The van der Waals surface area contributed by atoms with Gasteiger partial charge in [0.2, 0.25) is 15.9 Å². The highest BCUT2D eigenvalue weighted by Crippen LogP contribution is 2.29. The van der Waals surface area contributed by atoms with Crippen LogP contribution in [-0.4, -0.2) is 63.5 Å². The predicted molar refractivity (Wildman–Crippen MR) is 94.2 cm³/mol. The van der Waals surface area contributed by atoms with Crippen LogP contribution in [0.2, 0.25) is 0 Å². The second-order valence-corrected chi connectivity index (χ2v) is 7.89. The number of ether oxygens (including phenoxy) is 2. The number of hydrogen-bond acceptors (Lipinski definition) is 6. The van der Waals surface area contributed by atoms with E-state index in [9.17, 15) is 13.2 Å².